The number of anilines is 1. The first kappa shape index (κ1) is 18.0. The Morgan fingerprint density at radius 3 is 2.48 bits per heavy atom. The van der Waals surface area contributed by atoms with Gasteiger partial charge in [0, 0.05) is 11.7 Å². The third-order valence-electron chi connectivity index (χ3n) is 5.21. The number of amides is 1. The van der Waals surface area contributed by atoms with Crippen molar-refractivity contribution in [2.45, 2.75) is 25.4 Å². The fraction of sp³-hybridized carbons (Fsp3) is 0.588. The van der Waals surface area contributed by atoms with Crippen molar-refractivity contribution in [2.24, 2.45) is 0 Å². The molecule has 2 aliphatic rings. The van der Waals surface area contributed by atoms with Crippen LogP contribution in [0.25, 0.3) is 0 Å². The maximum absolute atomic E-state index is 12.4. The molecule has 138 valence electrons. The number of aromatic hydroxyl groups is 1. The van der Waals surface area contributed by atoms with Crippen molar-refractivity contribution in [3.05, 3.63) is 24.3 Å². The molecule has 2 saturated heterocycles. The zero-order chi connectivity index (χ0) is 18.0. The van der Waals surface area contributed by atoms with Crippen LogP contribution in [0.15, 0.2) is 24.3 Å². The van der Waals surface area contributed by atoms with Gasteiger partial charge in [-0.25, -0.2) is 8.42 Å². The number of nitrogens with zero attached hydrogens (tertiary/aromatic N) is 1. The molecule has 2 heterocycles. The molecule has 3 rings (SSSR count). The topological polar surface area (TPSA) is 91.2 Å². The molecule has 1 aromatic rings. The minimum Gasteiger partial charge on any atom is -0.508 e. The monoisotopic (exact) mass is 368 g/mol. The van der Waals surface area contributed by atoms with E-state index in [0.717, 1.165) is 31.9 Å². The summed E-state index contributed by atoms with van der Waals surface area (Å²) < 4.78 is 23.0. The number of hydrogen-bond donors (Lipinski definition) is 3. The number of phenolic OH excluding ortho intramolecular Hbond substituents is 1. The molecule has 1 aromatic carbocycles. The van der Waals surface area contributed by atoms with Gasteiger partial charge in [-0.15, -0.1) is 0 Å². The molecule has 0 aliphatic carbocycles. The van der Waals surface area contributed by atoms with Gasteiger partial charge in [-0.2, -0.15) is 0 Å². The summed E-state index contributed by atoms with van der Waals surface area (Å²) in [7, 11) is -2.98. The first-order valence-corrected chi connectivity index (χ1v) is 10.6. The predicted molar refractivity (Wildman–Crippen MR) is 95.7 cm³/mol. The lowest BCUT2D eigenvalue weighted by Gasteiger charge is -2.36. The molecule has 2 fully saturated rings. The Morgan fingerprint density at radius 1 is 1.28 bits per heavy atom. The highest BCUT2D eigenvalue weighted by Gasteiger charge is 2.33. The van der Waals surface area contributed by atoms with Crippen LogP contribution in [-0.2, 0) is 14.6 Å². The fourth-order valence-corrected chi connectivity index (χ4v) is 5.24. The summed E-state index contributed by atoms with van der Waals surface area (Å²) in [5, 5.41) is 12.3. The number of quaternary nitrogens is 1. The summed E-state index contributed by atoms with van der Waals surface area (Å²) in [4.78, 5) is 15.9. The Morgan fingerprint density at radius 2 is 1.92 bits per heavy atom. The standard InChI is InChI=1S/C17H25N3O4S/c1-13(17(22)18-14-6-11-25(23,24)12-14)19-7-9-20(10-8-19)15-2-4-16(21)5-3-15/h2-5,13-14,21H,6-12H2,1H3,(H,18,22)/p+1/t13-,14+/m1/s1. The molecule has 8 heteroatoms. The number of piperazine rings is 1. The molecule has 7 nitrogen and oxygen atoms in total. The number of benzene rings is 1. The molecule has 2 aliphatic heterocycles. The molecule has 0 spiro atoms. The first-order chi connectivity index (χ1) is 11.8. The predicted octanol–water partition coefficient (Wildman–Crippen LogP) is -1.21. The Bertz CT molecular complexity index is 712. The lowest BCUT2D eigenvalue weighted by Crippen LogP contribution is -3.19. The molecule has 0 unspecified atom stereocenters. The van der Waals surface area contributed by atoms with E-state index in [4.69, 9.17) is 0 Å². The molecule has 1 amide bonds. The van der Waals surface area contributed by atoms with Crippen LogP contribution in [0.5, 0.6) is 5.75 Å². The van der Waals surface area contributed by atoms with Gasteiger partial charge >= 0.3 is 0 Å². The van der Waals surface area contributed by atoms with Gasteiger partial charge < -0.3 is 20.2 Å². The number of sulfone groups is 1. The van der Waals surface area contributed by atoms with Crippen LogP contribution in [0.1, 0.15) is 13.3 Å². The first-order valence-electron chi connectivity index (χ1n) is 8.73. The molecule has 0 bridgehead atoms. The van der Waals surface area contributed by atoms with E-state index >= 15 is 0 Å². The van der Waals surface area contributed by atoms with Crippen molar-refractivity contribution >= 4 is 21.4 Å². The molecule has 2 atom stereocenters. The van der Waals surface area contributed by atoms with E-state index in [1.165, 1.54) is 4.90 Å². The number of hydrogen-bond acceptors (Lipinski definition) is 5. The summed E-state index contributed by atoms with van der Waals surface area (Å²) >= 11 is 0. The molecule has 0 saturated carbocycles. The van der Waals surface area contributed by atoms with Gasteiger partial charge in [0.1, 0.15) is 5.75 Å². The van der Waals surface area contributed by atoms with Gasteiger partial charge in [0.2, 0.25) is 0 Å². The summed E-state index contributed by atoms with van der Waals surface area (Å²) in [6.07, 6.45) is 0.519. The number of carbonyl (C=O) groups excluding carboxylic acids is 1. The van der Waals surface area contributed by atoms with E-state index in [1.54, 1.807) is 12.1 Å². The third kappa shape index (κ3) is 4.43. The number of nitrogens with one attached hydrogen (secondary N) is 2. The maximum atomic E-state index is 12.4. The van der Waals surface area contributed by atoms with Crippen LogP contribution in [0.4, 0.5) is 5.69 Å². The Kier molecular flexibility index (Phi) is 5.19. The average molecular weight is 368 g/mol. The van der Waals surface area contributed by atoms with Gasteiger partial charge in [-0.05, 0) is 37.6 Å². The lowest BCUT2D eigenvalue weighted by atomic mass is 10.1. The minimum absolute atomic E-state index is 0.0600. The molecular weight excluding hydrogens is 342 g/mol. The van der Waals surface area contributed by atoms with E-state index in [0.29, 0.717) is 6.42 Å². The highest BCUT2D eigenvalue weighted by Crippen LogP contribution is 2.18. The maximum Gasteiger partial charge on any atom is 0.278 e. The van der Waals surface area contributed by atoms with Gasteiger partial charge in [0.15, 0.2) is 15.9 Å². The van der Waals surface area contributed by atoms with E-state index < -0.39 is 9.84 Å². The Labute approximate surface area is 148 Å². The van der Waals surface area contributed by atoms with Crippen molar-refractivity contribution in [3.63, 3.8) is 0 Å². The number of carbonyl (C=O) groups is 1. The Balaban J connectivity index is 1.50. The van der Waals surface area contributed by atoms with Crippen LogP contribution in [-0.4, -0.2) is 69.2 Å². The summed E-state index contributed by atoms with van der Waals surface area (Å²) in [6, 6.07) is 6.73. The van der Waals surface area contributed by atoms with Gasteiger partial charge in [0.05, 0.1) is 37.7 Å². The minimum atomic E-state index is -2.98. The van der Waals surface area contributed by atoms with Crippen LogP contribution in [0.3, 0.4) is 0 Å². The van der Waals surface area contributed by atoms with E-state index in [1.807, 2.05) is 19.1 Å². The quantitative estimate of drug-likeness (QED) is 0.620. The average Bonchev–Trinajstić information content (AvgIpc) is 2.93. The zero-order valence-corrected chi connectivity index (χ0v) is 15.3. The smallest absolute Gasteiger partial charge is 0.278 e. The van der Waals surface area contributed by atoms with E-state index in [9.17, 15) is 18.3 Å². The van der Waals surface area contributed by atoms with Gasteiger partial charge in [-0.3, -0.25) is 4.79 Å². The number of rotatable bonds is 4. The van der Waals surface area contributed by atoms with E-state index in [2.05, 4.69) is 10.2 Å². The second-order valence-corrected chi connectivity index (χ2v) is 9.22. The fourth-order valence-electron chi connectivity index (χ4n) is 3.57. The van der Waals surface area contributed by atoms with Crippen LogP contribution in [0.2, 0.25) is 0 Å². The highest BCUT2D eigenvalue weighted by atomic mass is 32.2. The molecule has 0 radical (unpaired) electrons. The van der Waals surface area contributed by atoms with Crippen molar-refractivity contribution in [1.82, 2.24) is 5.32 Å². The summed E-state index contributed by atoms with van der Waals surface area (Å²) in [5.74, 6) is 0.433. The normalized spacial score (nSPS) is 24.8. The molecule has 25 heavy (non-hydrogen) atoms. The largest absolute Gasteiger partial charge is 0.508 e. The van der Waals surface area contributed by atoms with Crippen molar-refractivity contribution in [2.75, 3.05) is 42.6 Å². The lowest BCUT2D eigenvalue weighted by molar-refractivity contribution is -0.914. The summed E-state index contributed by atoms with van der Waals surface area (Å²) in [5.41, 5.74) is 1.07. The third-order valence-corrected chi connectivity index (χ3v) is 6.97. The van der Waals surface area contributed by atoms with Crippen molar-refractivity contribution in [1.29, 1.82) is 0 Å². The van der Waals surface area contributed by atoms with Crippen LogP contribution >= 0.6 is 0 Å². The van der Waals surface area contributed by atoms with Gasteiger partial charge in [0.25, 0.3) is 5.91 Å². The zero-order valence-electron chi connectivity index (χ0n) is 14.4. The van der Waals surface area contributed by atoms with E-state index in [-0.39, 0.29) is 35.2 Å². The van der Waals surface area contributed by atoms with Crippen LogP contribution in [0, 0.1) is 0 Å². The highest BCUT2D eigenvalue weighted by molar-refractivity contribution is 7.91. The van der Waals surface area contributed by atoms with Crippen molar-refractivity contribution in [3.8, 4) is 5.75 Å². The van der Waals surface area contributed by atoms with Crippen LogP contribution < -0.4 is 15.1 Å². The molecular formula is C17H26N3O4S+. The second kappa shape index (κ2) is 7.21. The second-order valence-electron chi connectivity index (χ2n) is 6.99. The number of phenols is 1. The van der Waals surface area contributed by atoms with Gasteiger partial charge in [-0.1, -0.05) is 0 Å². The van der Waals surface area contributed by atoms with Crippen molar-refractivity contribution < 1.29 is 23.2 Å². The molecule has 3 N–H and O–H groups in total. The summed E-state index contributed by atoms with van der Waals surface area (Å²) in [6.45, 7) is 5.28. The Hall–Kier alpha value is -1.80. The molecule has 0 aromatic heterocycles. The SMILES string of the molecule is C[C@H](C(=O)N[C@H]1CCS(=O)(=O)C1)[NH+]1CCN(c2ccc(O)cc2)CC1.